The molecule has 0 bridgehead atoms. The minimum atomic E-state index is 0.0987. The van der Waals surface area contributed by atoms with E-state index in [1.165, 1.54) is 63.8 Å². The zero-order chi connectivity index (χ0) is 24.8. The Hall–Kier alpha value is -1.86. The van der Waals surface area contributed by atoms with Crippen molar-refractivity contribution in [1.82, 2.24) is 25.0 Å². The first-order chi connectivity index (χ1) is 16.9. The number of aryl methyl sites for hydroxylation is 1. The van der Waals surface area contributed by atoms with Gasteiger partial charge < -0.3 is 25.0 Å². The number of aromatic amines is 1. The molecule has 3 saturated heterocycles. The number of H-pyrrole nitrogens is 1. The summed E-state index contributed by atoms with van der Waals surface area (Å²) in [5, 5.41) is 3.15. The number of likely N-dealkylation sites (tertiary alicyclic amines) is 3. The molecule has 4 rings (SSSR count). The molecule has 0 radical (unpaired) electrons. The molecule has 3 fully saturated rings. The number of piperidine rings is 3. The SMILES string of the molecule is Cc1[nH]c(C(=O)N2CCC(CC(=O)NCCCN3CCC(N4CCCCC4)CC3)CC2)c(C)c1C. The monoisotopic (exact) mass is 485 g/mol. The van der Waals surface area contributed by atoms with Gasteiger partial charge in [-0.2, -0.15) is 0 Å². The van der Waals surface area contributed by atoms with Crippen LogP contribution in [0.5, 0.6) is 0 Å². The van der Waals surface area contributed by atoms with Gasteiger partial charge in [-0.05, 0) is 115 Å². The fourth-order valence-corrected chi connectivity index (χ4v) is 6.21. The highest BCUT2D eigenvalue weighted by Crippen LogP contribution is 2.24. The Morgan fingerprint density at radius 3 is 2.20 bits per heavy atom. The first-order valence-corrected chi connectivity index (χ1v) is 14.1. The molecule has 7 heteroatoms. The zero-order valence-electron chi connectivity index (χ0n) is 22.3. The number of carbonyl (C=O) groups is 2. The topological polar surface area (TPSA) is 71.7 Å². The maximum Gasteiger partial charge on any atom is 0.270 e. The second kappa shape index (κ2) is 12.4. The molecule has 0 aromatic carbocycles. The Morgan fingerprint density at radius 1 is 0.886 bits per heavy atom. The van der Waals surface area contributed by atoms with E-state index in [4.69, 9.17) is 0 Å². The van der Waals surface area contributed by atoms with Crippen molar-refractivity contribution >= 4 is 11.8 Å². The maximum atomic E-state index is 12.9. The molecule has 3 aliphatic heterocycles. The van der Waals surface area contributed by atoms with E-state index in [1.54, 1.807) is 0 Å². The van der Waals surface area contributed by atoms with Crippen LogP contribution in [-0.4, -0.2) is 89.9 Å². The van der Waals surface area contributed by atoms with Crippen LogP contribution in [0.4, 0.5) is 0 Å². The third-order valence-corrected chi connectivity index (χ3v) is 8.84. The Morgan fingerprint density at radius 2 is 1.57 bits per heavy atom. The van der Waals surface area contributed by atoms with Crippen molar-refractivity contribution in [1.29, 1.82) is 0 Å². The number of hydrogen-bond acceptors (Lipinski definition) is 4. The molecule has 1 aromatic heterocycles. The number of aromatic nitrogens is 1. The summed E-state index contributed by atoms with van der Waals surface area (Å²) < 4.78 is 0. The fourth-order valence-electron chi connectivity index (χ4n) is 6.21. The molecule has 0 unspecified atom stereocenters. The summed E-state index contributed by atoms with van der Waals surface area (Å²) in [7, 11) is 0. The van der Waals surface area contributed by atoms with E-state index in [9.17, 15) is 9.59 Å². The van der Waals surface area contributed by atoms with E-state index < -0.39 is 0 Å². The molecule has 2 N–H and O–H groups in total. The van der Waals surface area contributed by atoms with Gasteiger partial charge in [0.1, 0.15) is 5.69 Å². The summed E-state index contributed by atoms with van der Waals surface area (Å²) in [6, 6.07) is 0.799. The Labute approximate surface area is 212 Å². The smallest absolute Gasteiger partial charge is 0.270 e. The summed E-state index contributed by atoms with van der Waals surface area (Å²) in [4.78, 5) is 35.9. The normalized spacial score (nSPS) is 21.4. The number of nitrogens with one attached hydrogen (secondary N) is 2. The summed E-state index contributed by atoms with van der Waals surface area (Å²) in [6.45, 7) is 14.4. The molecular formula is C28H47N5O2. The van der Waals surface area contributed by atoms with E-state index in [1.807, 2.05) is 18.7 Å². The van der Waals surface area contributed by atoms with Gasteiger partial charge in [0.25, 0.3) is 5.91 Å². The van der Waals surface area contributed by atoms with E-state index in [0.29, 0.717) is 12.3 Å². The summed E-state index contributed by atoms with van der Waals surface area (Å²) in [5.41, 5.74) is 4.02. The highest BCUT2D eigenvalue weighted by Gasteiger charge is 2.28. The second-order valence-electron chi connectivity index (χ2n) is 11.2. The molecule has 2 amide bonds. The number of nitrogens with zero attached hydrogens (tertiary/aromatic N) is 3. The Kier molecular flexibility index (Phi) is 9.28. The maximum absolute atomic E-state index is 12.9. The predicted octanol–water partition coefficient (Wildman–Crippen LogP) is 3.64. The van der Waals surface area contributed by atoms with Crippen LogP contribution in [0.3, 0.4) is 0 Å². The lowest BCUT2D eigenvalue weighted by Crippen LogP contribution is -2.47. The van der Waals surface area contributed by atoms with Crippen molar-refractivity contribution in [3.8, 4) is 0 Å². The number of rotatable bonds is 8. The first kappa shape index (κ1) is 26.2. The average Bonchev–Trinajstić information content (AvgIpc) is 3.14. The molecule has 0 atom stereocenters. The van der Waals surface area contributed by atoms with Crippen LogP contribution in [0.15, 0.2) is 0 Å². The number of carbonyl (C=O) groups excluding carboxylic acids is 2. The molecule has 3 aliphatic rings. The summed E-state index contributed by atoms with van der Waals surface area (Å²) in [6.07, 6.45) is 10.2. The lowest BCUT2D eigenvalue weighted by atomic mass is 9.93. The molecule has 0 saturated carbocycles. The fraction of sp³-hybridized carbons (Fsp3) is 0.786. The third kappa shape index (κ3) is 6.88. The highest BCUT2D eigenvalue weighted by molar-refractivity contribution is 5.94. The highest BCUT2D eigenvalue weighted by atomic mass is 16.2. The van der Waals surface area contributed by atoms with Gasteiger partial charge in [-0.15, -0.1) is 0 Å². The van der Waals surface area contributed by atoms with Crippen molar-refractivity contribution in [2.45, 2.75) is 84.6 Å². The minimum absolute atomic E-state index is 0.0987. The summed E-state index contributed by atoms with van der Waals surface area (Å²) >= 11 is 0. The van der Waals surface area contributed by atoms with Gasteiger partial charge in [-0.1, -0.05) is 6.42 Å². The van der Waals surface area contributed by atoms with Crippen LogP contribution in [0, 0.1) is 26.7 Å². The van der Waals surface area contributed by atoms with Crippen LogP contribution < -0.4 is 5.32 Å². The molecule has 35 heavy (non-hydrogen) atoms. The van der Waals surface area contributed by atoms with Crippen molar-refractivity contribution < 1.29 is 9.59 Å². The summed E-state index contributed by atoms with van der Waals surface area (Å²) in [5.74, 6) is 0.646. The lowest BCUT2D eigenvalue weighted by molar-refractivity contribution is -0.122. The van der Waals surface area contributed by atoms with Crippen LogP contribution >= 0.6 is 0 Å². The molecule has 7 nitrogen and oxygen atoms in total. The van der Waals surface area contributed by atoms with E-state index >= 15 is 0 Å². The quantitative estimate of drug-likeness (QED) is 0.552. The van der Waals surface area contributed by atoms with Gasteiger partial charge in [0.05, 0.1) is 0 Å². The largest absolute Gasteiger partial charge is 0.356 e. The second-order valence-corrected chi connectivity index (χ2v) is 11.2. The van der Waals surface area contributed by atoms with Crippen LogP contribution in [0.25, 0.3) is 0 Å². The standard InChI is InChI=1S/C28H47N5O2/c1-21-22(2)27(30-23(21)3)28(35)33-18-8-24(9-19-33)20-26(34)29-12-7-13-31-16-10-25(11-17-31)32-14-5-4-6-15-32/h24-25,30H,4-20H2,1-3H3,(H,29,34). The van der Waals surface area contributed by atoms with Crippen LogP contribution in [0.2, 0.25) is 0 Å². The van der Waals surface area contributed by atoms with Gasteiger partial charge in [-0.25, -0.2) is 0 Å². The van der Waals surface area contributed by atoms with Gasteiger partial charge in [0, 0.05) is 37.8 Å². The van der Waals surface area contributed by atoms with E-state index in [0.717, 1.165) is 68.4 Å². The van der Waals surface area contributed by atoms with Crippen molar-refractivity contribution in [2.24, 2.45) is 5.92 Å². The lowest BCUT2D eigenvalue weighted by Gasteiger charge is -2.40. The molecule has 0 aliphatic carbocycles. The molecule has 0 spiro atoms. The third-order valence-electron chi connectivity index (χ3n) is 8.84. The van der Waals surface area contributed by atoms with E-state index in [-0.39, 0.29) is 11.8 Å². The Balaban J connectivity index is 1.07. The van der Waals surface area contributed by atoms with Gasteiger partial charge >= 0.3 is 0 Å². The molecule has 196 valence electrons. The van der Waals surface area contributed by atoms with Gasteiger partial charge in [-0.3, -0.25) is 9.59 Å². The van der Waals surface area contributed by atoms with Gasteiger partial charge in [0.2, 0.25) is 5.91 Å². The Bertz CT molecular complexity index is 844. The van der Waals surface area contributed by atoms with E-state index in [2.05, 4.69) is 27.0 Å². The minimum Gasteiger partial charge on any atom is -0.356 e. The first-order valence-electron chi connectivity index (χ1n) is 14.1. The number of hydrogen-bond donors (Lipinski definition) is 2. The molecule has 1 aromatic rings. The van der Waals surface area contributed by atoms with Crippen molar-refractivity contribution in [3.63, 3.8) is 0 Å². The molecule has 4 heterocycles. The van der Waals surface area contributed by atoms with Crippen molar-refractivity contribution in [3.05, 3.63) is 22.5 Å². The zero-order valence-corrected chi connectivity index (χ0v) is 22.3. The van der Waals surface area contributed by atoms with Crippen molar-refractivity contribution in [2.75, 3.05) is 52.4 Å². The van der Waals surface area contributed by atoms with Gasteiger partial charge in [0.15, 0.2) is 0 Å². The van der Waals surface area contributed by atoms with Crippen LogP contribution in [-0.2, 0) is 4.79 Å². The predicted molar refractivity (Wildman–Crippen MR) is 141 cm³/mol. The number of amides is 2. The average molecular weight is 486 g/mol. The molecular weight excluding hydrogens is 438 g/mol. The van der Waals surface area contributed by atoms with Crippen LogP contribution in [0.1, 0.15) is 85.1 Å².